The fourth-order valence-electron chi connectivity index (χ4n) is 3.34. The first-order valence-corrected chi connectivity index (χ1v) is 8.02. The predicted molar refractivity (Wildman–Crippen MR) is 87.5 cm³/mol. The number of hydrogen-bond donors (Lipinski definition) is 2. The van der Waals surface area contributed by atoms with Crippen LogP contribution in [0.3, 0.4) is 0 Å². The molecular formula is C17H21N3O2. The van der Waals surface area contributed by atoms with E-state index in [1.165, 1.54) is 11.3 Å². The summed E-state index contributed by atoms with van der Waals surface area (Å²) < 4.78 is 5.36. The molecule has 1 saturated heterocycles. The Labute approximate surface area is 129 Å². The van der Waals surface area contributed by atoms with E-state index in [2.05, 4.69) is 27.3 Å². The van der Waals surface area contributed by atoms with Crippen molar-refractivity contribution in [2.45, 2.75) is 19.4 Å². The van der Waals surface area contributed by atoms with Gasteiger partial charge in [-0.2, -0.15) is 0 Å². The summed E-state index contributed by atoms with van der Waals surface area (Å²) in [5.41, 5.74) is 4.32. The molecule has 0 amide bonds. The molecule has 0 saturated carbocycles. The number of aromatic nitrogens is 1. The van der Waals surface area contributed by atoms with Gasteiger partial charge < -0.3 is 15.0 Å². The molecule has 0 spiro atoms. The number of pyridine rings is 1. The zero-order valence-corrected chi connectivity index (χ0v) is 12.7. The summed E-state index contributed by atoms with van der Waals surface area (Å²) >= 11 is 0. The van der Waals surface area contributed by atoms with Crippen LogP contribution in [-0.2, 0) is 17.7 Å². The number of aryl methyl sites for hydroxylation is 1. The normalized spacial score (nSPS) is 18.9. The lowest BCUT2D eigenvalue weighted by atomic mass is 10.0. The van der Waals surface area contributed by atoms with Crippen molar-refractivity contribution in [3.8, 4) is 0 Å². The highest BCUT2D eigenvalue weighted by Crippen LogP contribution is 2.26. The molecule has 116 valence electrons. The Balaban J connectivity index is 1.70. The van der Waals surface area contributed by atoms with E-state index in [0.717, 1.165) is 62.2 Å². The Morgan fingerprint density at radius 3 is 2.91 bits per heavy atom. The van der Waals surface area contributed by atoms with E-state index in [4.69, 9.17) is 4.74 Å². The summed E-state index contributed by atoms with van der Waals surface area (Å²) in [5.74, 6) is 0. The summed E-state index contributed by atoms with van der Waals surface area (Å²) in [7, 11) is 0. The van der Waals surface area contributed by atoms with Crippen LogP contribution in [0.4, 0.5) is 5.69 Å². The Kier molecular flexibility index (Phi) is 3.60. The predicted octanol–water partition coefficient (Wildman–Crippen LogP) is 1.72. The third-order valence-electron chi connectivity index (χ3n) is 4.58. The third kappa shape index (κ3) is 2.62. The Morgan fingerprint density at radius 2 is 2.05 bits per heavy atom. The van der Waals surface area contributed by atoms with Crippen LogP contribution < -0.4 is 10.9 Å². The third-order valence-corrected chi connectivity index (χ3v) is 4.58. The van der Waals surface area contributed by atoms with E-state index >= 15 is 0 Å². The summed E-state index contributed by atoms with van der Waals surface area (Å²) in [5, 5.41) is 4.56. The molecule has 2 aliphatic rings. The number of nitrogens with one attached hydrogen (secondary N) is 2. The average molecular weight is 299 g/mol. The van der Waals surface area contributed by atoms with Crippen LogP contribution in [0.15, 0.2) is 23.0 Å². The second-order valence-corrected chi connectivity index (χ2v) is 6.14. The van der Waals surface area contributed by atoms with Crippen LogP contribution >= 0.6 is 0 Å². The van der Waals surface area contributed by atoms with Crippen LogP contribution in [0.5, 0.6) is 0 Å². The number of H-pyrrole nitrogens is 1. The second kappa shape index (κ2) is 5.74. The van der Waals surface area contributed by atoms with E-state index in [1.807, 2.05) is 6.07 Å². The molecule has 0 bridgehead atoms. The summed E-state index contributed by atoms with van der Waals surface area (Å²) in [6.45, 7) is 5.01. The zero-order chi connectivity index (χ0) is 14.9. The van der Waals surface area contributed by atoms with Gasteiger partial charge in [0.2, 0.25) is 0 Å². The molecule has 22 heavy (non-hydrogen) atoms. The Hall–Kier alpha value is -1.85. The molecule has 4 rings (SSSR count). The summed E-state index contributed by atoms with van der Waals surface area (Å²) in [4.78, 5) is 17.7. The number of anilines is 1. The Morgan fingerprint density at radius 1 is 1.18 bits per heavy atom. The van der Waals surface area contributed by atoms with E-state index < -0.39 is 0 Å². The van der Waals surface area contributed by atoms with Crippen LogP contribution in [0.25, 0.3) is 10.9 Å². The van der Waals surface area contributed by atoms with Crippen molar-refractivity contribution >= 4 is 16.6 Å². The number of aromatic amines is 1. The standard InChI is InChI=1S/C17H21N3O2/c21-17-14(11-20-4-6-22-7-5-20)8-13-10-15-12(2-1-3-18-15)9-16(13)19-17/h8-10,18H,1-7,11H2,(H,19,21). The second-order valence-electron chi connectivity index (χ2n) is 6.14. The highest BCUT2D eigenvalue weighted by Gasteiger charge is 2.15. The SMILES string of the molecule is O=c1[nH]c2cc3c(cc2cc1CN1CCOCC1)NCCC3. The van der Waals surface area contributed by atoms with Gasteiger partial charge in [-0.3, -0.25) is 9.69 Å². The smallest absolute Gasteiger partial charge is 0.252 e. The van der Waals surface area contributed by atoms with Crippen molar-refractivity contribution in [1.29, 1.82) is 0 Å². The molecule has 5 heteroatoms. The number of nitrogens with zero attached hydrogens (tertiary/aromatic N) is 1. The van der Waals surface area contributed by atoms with E-state index in [9.17, 15) is 4.79 Å². The fraction of sp³-hybridized carbons (Fsp3) is 0.471. The summed E-state index contributed by atoms with van der Waals surface area (Å²) in [6.07, 6.45) is 2.23. The van der Waals surface area contributed by atoms with Gasteiger partial charge in [0.15, 0.2) is 0 Å². The van der Waals surface area contributed by atoms with Crippen molar-refractivity contribution in [2.75, 3.05) is 38.2 Å². The van der Waals surface area contributed by atoms with E-state index in [-0.39, 0.29) is 5.56 Å². The van der Waals surface area contributed by atoms with E-state index in [1.54, 1.807) is 0 Å². The van der Waals surface area contributed by atoms with Crippen molar-refractivity contribution in [1.82, 2.24) is 9.88 Å². The Bertz CT molecular complexity index is 747. The average Bonchev–Trinajstić information content (AvgIpc) is 2.55. The van der Waals surface area contributed by atoms with Crippen molar-refractivity contribution in [3.63, 3.8) is 0 Å². The first-order chi connectivity index (χ1) is 10.8. The first-order valence-electron chi connectivity index (χ1n) is 8.02. The fourth-order valence-corrected chi connectivity index (χ4v) is 3.34. The minimum Gasteiger partial charge on any atom is -0.385 e. The lowest BCUT2D eigenvalue weighted by Gasteiger charge is -2.26. The van der Waals surface area contributed by atoms with Gasteiger partial charge in [-0.15, -0.1) is 0 Å². The highest BCUT2D eigenvalue weighted by molar-refractivity contribution is 5.84. The van der Waals surface area contributed by atoms with Gasteiger partial charge in [0.1, 0.15) is 0 Å². The van der Waals surface area contributed by atoms with E-state index in [0.29, 0.717) is 6.54 Å². The van der Waals surface area contributed by atoms with Crippen molar-refractivity contribution < 1.29 is 4.74 Å². The van der Waals surface area contributed by atoms with Gasteiger partial charge >= 0.3 is 0 Å². The van der Waals surface area contributed by atoms with Crippen molar-refractivity contribution in [2.24, 2.45) is 0 Å². The van der Waals surface area contributed by atoms with Gasteiger partial charge in [-0.25, -0.2) is 0 Å². The molecule has 0 unspecified atom stereocenters. The topological polar surface area (TPSA) is 57.4 Å². The minimum absolute atomic E-state index is 0.0303. The molecule has 0 radical (unpaired) electrons. The molecule has 1 aromatic heterocycles. The maximum absolute atomic E-state index is 12.3. The monoisotopic (exact) mass is 299 g/mol. The first kappa shape index (κ1) is 13.8. The van der Waals surface area contributed by atoms with Crippen LogP contribution in [0, 0.1) is 0 Å². The molecule has 1 aromatic carbocycles. The van der Waals surface area contributed by atoms with Gasteiger partial charge in [0.05, 0.1) is 13.2 Å². The quantitative estimate of drug-likeness (QED) is 0.886. The molecule has 1 fully saturated rings. The van der Waals surface area contributed by atoms with Crippen LogP contribution in [-0.4, -0.2) is 42.7 Å². The maximum Gasteiger partial charge on any atom is 0.252 e. The molecule has 2 N–H and O–H groups in total. The van der Waals surface area contributed by atoms with Gasteiger partial charge in [0, 0.05) is 48.3 Å². The van der Waals surface area contributed by atoms with Crippen molar-refractivity contribution in [3.05, 3.63) is 39.7 Å². The largest absolute Gasteiger partial charge is 0.385 e. The minimum atomic E-state index is 0.0303. The highest BCUT2D eigenvalue weighted by atomic mass is 16.5. The molecule has 5 nitrogen and oxygen atoms in total. The zero-order valence-electron chi connectivity index (χ0n) is 12.7. The van der Waals surface area contributed by atoms with Crippen LogP contribution in [0.2, 0.25) is 0 Å². The molecule has 2 aliphatic heterocycles. The molecule has 2 aromatic rings. The summed E-state index contributed by atoms with van der Waals surface area (Å²) in [6, 6.07) is 6.33. The van der Waals surface area contributed by atoms with Gasteiger partial charge in [0.25, 0.3) is 5.56 Å². The number of hydrogen-bond acceptors (Lipinski definition) is 4. The van der Waals surface area contributed by atoms with Crippen LogP contribution in [0.1, 0.15) is 17.5 Å². The number of fused-ring (bicyclic) bond motifs is 2. The molecule has 0 atom stereocenters. The van der Waals surface area contributed by atoms with Gasteiger partial charge in [-0.1, -0.05) is 0 Å². The lowest BCUT2D eigenvalue weighted by molar-refractivity contribution is 0.0340. The molecular weight excluding hydrogens is 278 g/mol. The number of rotatable bonds is 2. The number of morpholine rings is 1. The van der Waals surface area contributed by atoms with Gasteiger partial charge in [-0.05, 0) is 36.6 Å². The molecule has 0 aliphatic carbocycles. The number of benzene rings is 1. The number of ether oxygens (including phenoxy) is 1. The molecule has 3 heterocycles. The lowest BCUT2D eigenvalue weighted by Crippen LogP contribution is -2.37. The maximum atomic E-state index is 12.3.